The van der Waals surface area contributed by atoms with Crippen molar-refractivity contribution in [1.29, 1.82) is 0 Å². The number of allylic oxidation sites excluding steroid dienone is 2. The van der Waals surface area contributed by atoms with E-state index in [9.17, 15) is 9.90 Å². The van der Waals surface area contributed by atoms with E-state index in [0.717, 1.165) is 11.1 Å². The molecule has 3 aromatic carbocycles. The van der Waals surface area contributed by atoms with Gasteiger partial charge in [0, 0.05) is 22.8 Å². The zero-order chi connectivity index (χ0) is 16.2. The van der Waals surface area contributed by atoms with Crippen molar-refractivity contribution in [1.82, 2.24) is 0 Å². The molecule has 0 aromatic heterocycles. The van der Waals surface area contributed by atoms with Crippen molar-refractivity contribution >= 4 is 22.2 Å². The molecule has 0 heterocycles. The van der Waals surface area contributed by atoms with E-state index in [1.165, 1.54) is 6.08 Å². The van der Waals surface area contributed by atoms with Gasteiger partial charge >= 0.3 is 0 Å². The Morgan fingerprint density at radius 1 is 0.957 bits per heavy atom. The number of para-hydroxylation sites is 1. The molecule has 3 nitrogen and oxygen atoms in total. The van der Waals surface area contributed by atoms with Crippen molar-refractivity contribution in [2.45, 2.75) is 6.92 Å². The molecule has 0 saturated carbocycles. The van der Waals surface area contributed by atoms with Gasteiger partial charge in [0.15, 0.2) is 5.78 Å². The smallest absolute Gasteiger partial charge is 0.191 e. The van der Waals surface area contributed by atoms with Crippen molar-refractivity contribution in [3.8, 4) is 5.75 Å². The van der Waals surface area contributed by atoms with Gasteiger partial charge in [0.2, 0.25) is 0 Å². The van der Waals surface area contributed by atoms with Gasteiger partial charge in [-0.2, -0.15) is 0 Å². The van der Waals surface area contributed by atoms with Crippen LogP contribution in [-0.4, -0.2) is 10.9 Å². The molecule has 3 aromatic rings. The zero-order valence-corrected chi connectivity index (χ0v) is 12.8. The third-order valence-electron chi connectivity index (χ3n) is 3.63. The molecule has 0 amide bonds. The second-order valence-corrected chi connectivity index (χ2v) is 5.37. The number of benzene rings is 3. The van der Waals surface area contributed by atoms with Crippen LogP contribution in [0.2, 0.25) is 0 Å². The average Bonchev–Trinajstić information content (AvgIpc) is 2.56. The molecular formula is C20H17NO2. The van der Waals surface area contributed by atoms with Crippen molar-refractivity contribution in [3.63, 3.8) is 0 Å². The summed E-state index contributed by atoms with van der Waals surface area (Å²) in [6.45, 7) is 1.82. The van der Waals surface area contributed by atoms with Crippen LogP contribution < -0.4 is 5.32 Å². The normalized spacial score (nSPS) is 11.4. The Hall–Kier alpha value is -3.07. The van der Waals surface area contributed by atoms with Crippen molar-refractivity contribution in [2.75, 3.05) is 5.32 Å². The molecule has 0 spiro atoms. The molecule has 3 heteroatoms. The first kappa shape index (κ1) is 14.9. The number of phenolic OH excluding ortho intramolecular Hbond substituents is 1. The number of carbonyl (C=O) groups is 1. The quantitative estimate of drug-likeness (QED) is 0.540. The first-order valence-electron chi connectivity index (χ1n) is 7.40. The molecule has 0 atom stereocenters. The summed E-state index contributed by atoms with van der Waals surface area (Å²) in [5.74, 6) is -0.203. The highest BCUT2D eigenvalue weighted by Crippen LogP contribution is 2.29. The lowest BCUT2D eigenvalue weighted by molar-refractivity contribution is 0.104. The van der Waals surface area contributed by atoms with E-state index in [1.54, 1.807) is 12.1 Å². The van der Waals surface area contributed by atoms with E-state index in [0.29, 0.717) is 16.6 Å². The fourth-order valence-electron chi connectivity index (χ4n) is 2.51. The van der Waals surface area contributed by atoms with Crippen LogP contribution in [0, 0.1) is 0 Å². The van der Waals surface area contributed by atoms with Crippen LogP contribution in [0.15, 0.2) is 78.5 Å². The number of anilines is 1. The van der Waals surface area contributed by atoms with E-state index in [4.69, 9.17) is 0 Å². The summed E-state index contributed by atoms with van der Waals surface area (Å²) >= 11 is 0. The Labute approximate surface area is 134 Å². The summed E-state index contributed by atoms with van der Waals surface area (Å²) < 4.78 is 0. The second-order valence-electron chi connectivity index (χ2n) is 5.37. The van der Waals surface area contributed by atoms with E-state index in [-0.39, 0.29) is 11.5 Å². The van der Waals surface area contributed by atoms with Gasteiger partial charge in [-0.3, -0.25) is 4.79 Å². The summed E-state index contributed by atoms with van der Waals surface area (Å²) in [6.07, 6.45) is 1.50. The molecule has 2 N–H and O–H groups in total. The summed E-state index contributed by atoms with van der Waals surface area (Å²) in [5, 5.41) is 15.1. The lowest BCUT2D eigenvalue weighted by Crippen LogP contribution is -2.01. The van der Waals surface area contributed by atoms with Crippen LogP contribution in [0.1, 0.15) is 17.3 Å². The minimum atomic E-state index is -0.228. The third kappa shape index (κ3) is 3.24. The molecule has 0 unspecified atom stereocenters. The SMILES string of the molecule is CC(=CC(=O)c1ccc2ccccc2c1O)Nc1ccccc1. The van der Waals surface area contributed by atoms with Crippen LogP contribution in [0.4, 0.5) is 5.69 Å². The van der Waals surface area contributed by atoms with Gasteiger partial charge in [-0.1, -0.05) is 48.5 Å². The number of carbonyl (C=O) groups excluding carboxylic acids is 1. The Morgan fingerprint density at radius 3 is 2.43 bits per heavy atom. The number of hydrogen-bond donors (Lipinski definition) is 2. The topological polar surface area (TPSA) is 49.3 Å². The molecule has 0 aliphatic heterocycles. The van der Waals surface area contributed by atoms with Crippen LogP contribution >= 0.6 is 0 Å². The average molecular weight is 303 g/mol. The monoisotopic (exact) mass is 303 g/mol. The number of phenols is 1. The van der Waals surface area contributed by atoms with E-state index in [2.05, 4.69) is 5.32 Å². The minimum absolute atomic E-state index is 0.0249. The van der Waals surface area contributed by atoms with E-state index in [1.807, 2.05) is 61.5 Å². The maximum absolute atomic E-state index is 12.4. The number of aromatic hydroxyl groups is 1. The standard InChI is InChI=1S/C20H17NO2/c1-14(21-16-8-3-2-4-9-16)13-19(22)18-12-11-15-7-5-6-10-17(15)20(18)23/h2-13,21,23H,1H3. The lowest BCUT2D eigenvalue weighted by atomic mass is 10.0. The van der Waals surface area contributed by atoms with Gasteiger partial charge in [0.25, 0.3) is 0 Å². The Morgan fingerprint density at radius 2 is 1.65 bits per heavy atom. The summed E-state index contributed by atoms with van der Waals surface area (Å²) in [7, 11) is 0. The van der Waals surface area contributed by atoms with Crippen LogP contribution in [0.25, 0.3) is 10.8 Å². The molecule has 3 rings (SSSR count). The molecular weight excluding hydrogens is 286 g/mol. The first-order chi connectivity index (χ1) is 11.1. The fraction of sp³-hybridized carbons (Fsp3) is 0.0500. The van der Waals surface area contributed by atoms with Gasteiger partial charge in [0.1, 0.15) is 5.75 Å². The van der Waals surface area contributed by atoms with Crippen molar-refractivity contribution in [2.24, 2.45) is 0 Å². The number of rotatable bonds is 4. The van der Waals surface area contributed by atoms with Gasteiger partial charge < -0.3 is 10.4 Å². The highest BCUT2D eigenvalue weighted by atomic mass is 16.3. The predicted molar refractivity (Wildman–Crippen MR) is 93.8 cm³/mol. The maximum atomic E-state index is 12.4. The van der Waals surface area contributed by atoms with Crippen LogP contribution in [0.5, 0.6) is 5.75 Å². The summed E-state index contributed by atoms with van der Waals surface area (Å²) in [6, 6.07) is 20.6. The molecule has 23 heavy (non-hydrogen) atoms. The number of fused-ring (bicyclic) bond motifs is 1. The first-order valence-corrected chi connectivity index (χ1v) is 7.40. The second kappa shape index (κ2) is 6.36. The van der Waals surface area contributed by atoms with Crippen LogP contribution in [-0.2, 0) is 0 Å². The Kier molecular flexibility index (Phi) is 4.11. The molecule has 0 bridgehead atoms. The van der Waals surface area contributed by atoms with Crippen molar-refractivity contribution < 1.29 is 9.90 Å². The summed E-state index contributed by atoms with van der Waals surface area (Å²) in [5.41, 5.74) is 1.93. The van der Waals surface area contributed by atoms with E-state index < -0.39 is 0 Å². The van der Waals surface area contributed by atoms with Gasteiger partial charge in [-0.05, 0) is 30.5 Å². The lowest BCUT2D eigenvalue weighted by Gasteiger charge is -2.08. The molecule has 0 aliphatic carbocycles. The fourth-order valence-corrected chi connectivity index (χ4v) is 2.51. The number of nitrogens with one attached hydrogen (secondary N) is 1. The largest absolute Gasteiger partial charge is 0.507 e. The van der Waals surface area contributed by atoms with Gasteiger partial charge in [-0.15, -0.1) is 0 Å². The van der Waals surface area contributed by atoms with Crippen LogP contribution in [0.3, 0.4) is 0 Å². The molecule has 0 radical (unpaired) electrons. The zero-order valence-electron chi connectivity index (χ0n) is 12.8. The molecule has 0 saturated heterocycles. The predicted octanol–water partition coefficient (Wildman–Crippen LogP) is 4.74. The number of hydrogen-bond acceptors (Lipinski definition) is 3. The highest BCUT2D eigenvalue weighted by Gasteiger charge is 2.12. The Balaban J connectivity index is 1.88. The maximum Gasteiger partial charge on any atom is 0.191 e. The highest BCUT2D eigenvalue weighted by molar-refractivity contribution is 6.10. The van der Waals surface area contributed by atoms with Gasteiger partial charge in [0.05, 0.1) is 5.56 Å². The molecule has 0 fully saturated rings. The molecule has 114 valence electrons. The van der Waals surface area contributed by atoms with Crippen molar-refractivity contribution in [3.05, 3.63) is 84.1 Å². The van der Waals surface area contributed by atoms with E-state index >= 15 is 0 Å². The van der Waals surface area contributed by atoms with Gasteiger partial charge in [-0.25, -0.2) is 0 Å². The summed E-state index contributed by atoms with van der Waals surface area (Å²) in [4.78, 5) is 12.4. The Bertz CT molecular complexity index is 883. The minimum Gasteiger partial charge on any atom is -0.507 e. The number of ketones is 1. The third-order valence-corrected chi connectivity index (χ3v) is 3.63. The molecule has 0 aliphatic rings.